The maximum absolute atomic E-state index is 2.61. The van der Waals surface area contributed by atoms with Crippen molar-refractivity contribution in [3.63, 3.8) is 0 Å². The molecule has 5 rings (SSSR count). The molecule has 0 aliphatic heterocycles. The van der Waals surface area contributed by atoms with Crippen LogP contribution < -0.4 is 0 Å². The third kappa shape index (κ3) is 5.27. The first-order chi connectivity index (χ1) is 19.6. The Labute approximate surface area is 243 Å². The van der Waals surface area contributed by atoms with E-state index in [1.807, 2.05) is 0 Å². The van der Waals surface area contributed by atoms with E-state index in [9.17, 15) is 0 Å². The van der Waals surface area contributed by atoms with Gasteiger partial charge in [0.15, 0.2) is 0 Å². The predicted molar refractivity (Wildman–Crippen MR) is 180 cm³/mol. The summed E-state index contributed by atoms with van der Waals surface area (Å²) in [7, 11) is 0. The summed E-state index contributed by atoms with van der Waals surface area (Å²) in [6.45, 7) is 13.9. The van der Waals surface area contributed by atoms with E-state index in [0.717, 1.165) is 38.5 Å². The summed E-state index contributed by atoms with van der Waals surface area (Å²) in [5.41, 5.74) is 9.22. The fourth-order valence-corrected chi connectivity index (χ4v) is 7.28. The topological polar surface area (TPSA) is 0 Å². The summed E-state index contributed by atoms with van der Waals surface area (Å²) in [5.74, 6) is 0. The van der Waals surface area contributed by atoms with Crippen LogP contribution in [0.2, 0.25) is 0 Å². The van der Waals surface area contributed by atoms with Gasteiger partial charge < -0.3 is 0 Å². The Morgan fingerprint density at radius 3 is 1.25 bits per heavy atom. The van der Waals surface area contributed by atoms with Gasteiger partial charge in [0.1, 0.15) is 0 Å². The van der Waals surface area contributed by atoms with Crippen molar-refractivity contribution < 1.29 is 0 Å². The Hall–Kier alpha value is -2.86. The van der Waals surface area contributed by atoms with Crippen molar-refractivity contribution in [3.8, 4) is 0 Å². The van der Waals surface area contributed by atoms with E-state index in [2.05, 4.69) is 90.1 Å². The smallest absolute Gasteiger partial charge is 0.0136 e. The zero-order chi connectivity index (χ0) is 28.2. The number of hydrogen-bond donors (Lipinski definition) is 0. The van der Waals surface area contributed by atoms with Gasteiger partial charge in [0, 0.05) is 0 Å². The molecule has 0 spiro atoms. The van der Waals surface area contributed by atoms with Crippen molar-refractivity contribution in [2.75, 3.05) is 0 Å². The molecule has 0 heteroatoms. The highest BCUT2D eigenvalue weighted by molar-refractivity contribution is 6.14. The van der Waals surface area contributed by atoms with Gasteiger partial charge in [-0.1, -0.05) is 104 Å². The van der Waals surface area contributed by atoms with Crippen LogP contribution in [0.1, 0.15) is 113 Å². The molecule has 0 N–H and O–H groups in total. The molecule has 5 aromatic rings. The van der Waals surface area contributed by atoms with Crippen molar-refractivity contribution in [1.82, 2.24) is 0 Å². The zero-order valence-corrected chi connectivity index (χ0v) is 26.1. The fourth-order valence-electron chi connectivity index (χ4n) is 7.28. The van der Waals surface area contributed by atoms with Crippen molar-refractivity contribution in [2.24, 2.45) is 0 Å². The Bertz CT molecular complexity index is 1650. The average molecular weight is 531 g/mol. The monoisotopic (exact) mass is 530 g/mol. The standard InChI is InChI=1S/C40H50/c1-7-13-27-21-30(16-10-4)34-24-38-33(18-12-6)40-26-36-29(15-9-3)20-19-28(14-8-2)35(36)25-39(40)32(17-11-5)37(38)23-31(34)22-27/h19-26H,7-18H2,1-6H3. The SMILES string of the molecule is CCCc1cc(CCC)c2cc3c(CCC)c4cc5c(CCC)ccc(CCC)c5cc4c(CCC)c3cc2c1. The van der Waals surface area contributed by atoms with E-state index in [-0.39, 0.29) is 0 Å². The predicted octanol–water partition coefficient (Wildman–Crippen LogP) is 12.0. The van der Waals surface area contributed by atoms with Gasteiger partial charge in [-0.15, -0.1) is 0 Å². The van der Waals surface area contributed by atoms with Crippen molar-refractivity contribution >= 4 is 43.1 Å². The normalized spacial score (nSPS) is 11.9. The summed E-state index contributed by atoms with van der Waals surface area (Å²) < 4.78 is 0. The first-order valence-electron chi connectivity index (χ1n) is 16.5. The minimum atomic E-state index is 1.13. The minimum Gasteiger partial charge on any atom is -0.0651 e. The maximum atomic E-state index is 2.61. The van der Waals surface area contributed by atoms with E-state index in [1.54, 1.807) is 11.1 Å². The molecule has 0 nitrogen and oxygen atoms in total. The van der Waals surface area contributed by atoms with Crippen LogP contribution in [0.15, 0.2) is 48.5 Å². The van der Waals surface area contributed by atoms with Gasteiger partial charge in [-0.3, -0.25) is 0 Å². The van der Waals surface area contributed by atoms with Gasteiger partial charge in [-0.25, -0.2) is 0 Å². The molecule has 0 bridgehead atoms. The molecule has 0 aliphatic rings. The molecule has 40 heavy (non-hydrogen) atoms. The molecule has 0 amide bonds. The third-order valence-corrected chi connectivity index (χ3v) is 8.97. The number of benzene rings is 5. The first-order valence-corrected chi connectivity index (χ1v) is 16.5. The molecule has 0 unspecified atom stereocenters. The third-order valence-electron chi connectivity index (χ3n) is 8.97. The van der Waals surface area contributed by atoms with E-state index < -0.39 is 0 Å². The second-order valence-electron chi connectivity index (χ2n) is 12.2. The van der Waals surface area contributed by atoms with E-state index in [4.69, 9.17) is 0 Å². The second kappa shape index (κ2) is 12.8. The van der Waals surface area contributed by atoms with Crippen LogP contribution in [0.5, 0.6) is 0 Å². The van der Waals surface area contributed by atoms with Crippen LogP contribution in [-0.2, 0) is 38.5 Å². The average Bonchev–Trinajstić information content (AvgIpc) is 2.95. The summed E-state index contributed by atoms with van der Waals surface area (Å²) in [5, 5.41) is 11.9. The van der Waals surface area contributed by atoms with Crippen LogP contribution in [0, 0.1) is 0 Å². The van der Waals surface area contributed by atoms with Gasteiger partial charge in [0.05, 0.1) is 0 Å². The molecule has 5 aromatic carbocycles. The lowest BCUT2D eigenvalue weighted by molar-refractivity contribution is 0.902. The highest BCUT2D eigenvalue weighted by Crippen LogP contribution is 2.41. The highest BCUT2D eigenvalue weighted by Gasteiger charge is 2.18. The fraction of sp³-hybridized carbons (Fsp3) is 0.450. The number of aryl methyl sites for hydroxylation is 6. The lowest BCUT2D eigenvalue weighted by Crippen LogP contribution is -2.00. The Balaban J connectivity index is 1.96. The van der Waals surface area contributed by atoms with Crippen LogP contribution in [0.3, 0.4) is 0 Å². The van der Waals surface area contributed by atoms with Crippen LogP contribution in [0.4, 0.5) is 0 Å². The Morgan fingerprint density at radius 1 is 0.350 bits per heavy atom. The number of rotatable bonds is 12. The van der Waals surface area contributed by atoms with Gasteiger partial charge in [-0.05, 0) is 139 Å². The molecule has 0 fully saturated rings. The largest absolute Gasteiger partial charge is 0.0651 e. The van der Waals surface area contributed by atoms with Gasteiger partial charge in [0.25, 0.3) is 0 Å². The summed E-state index contributed by atoms with van der Waals surface area (Å²) >= 11 is 0. The van der Waals surface area contributed by atoms with Crippen molar-refractivity contribution in [1.29, 1.82) is 0 Å². The first kappa shape index (κ1) is 28.7. The lowest BCUT2D eigenvalue weighted by Gasteiger charge is -2.21. The van der Waals surface area contributed by atoms with Crippen LogP contribution in [0.25, 0.3) is 43.1 Å². The molecule has 0 saturated heterocycles. The molecule has 0 aromatic heterocycles. The van der Waals surface area contributed by atoms with E-state index >= 15 is 0 Å². The molecule has 0 radical (unpaired) electrons. The van der Waals surface area contributed by atoms with Crippen molar-refractivity contribution in [3.05, 3.63) is 81.9 Å². The zero-order valence-electron chi connectivity index (χ0n) is 26.1. The lowest BCUT2D eigenvalue weighted by atomic mass is 9.83. The van der Waals surface area contributed by atoms with Crippen molar-refractivity contribution in [2.45, 2.75) is 119 Å². The van der Waals surface area contributed by atoms with E-state index in [0.29, 0.717) is 0 Å². The number of fused-ring (bicyclic) bond motifs is 4. The second-order valence-corrected chi connectivity index (χ2v) is 12.2. The Kier molecular flexibility index (Phi) is 9.14. The van der Waals surface area contributed by atoms with Gasteiger partial charge >= 0.3 is 0 Å². The molecular weight excluding hydrogens is 480 g/mol. The highest BCUT2D eigenvalue weighted by atomic mass is 14.2. The summed E-state index contributed by atoms with van der Waals surface area (Å²) in [4.78, 5) is 0. The van der Waals surface area contributed by atoms with Gasteiger partial charge in [-0.2, -0.15) is 0 Å². The molecule has 0 aliphatic carbocycles. The quantitative estimate of drug-likeness (QED) is 0.141. The van der Waals surface area contributed by atoms with Gasteiger partial charge in [0.2, 0.25) is 0 Å². The van der Waals surface area contributed by atoms with Crippen LogP contribution in [-0.4, -0.2) is 0 Å². The maximum Gasteiger partial charge on any atom is -0.0136 e. The molecule has 0 atom stereocenters. The molecule has 210 valence electrons. The number of hydrogen-bond acceptors (Lipinski definition) is 0. The Morgan fingerprint density at radius 2 is 0.775 bits per heavy atom. The minimum absolute atomic E-state index is 1.13. The summed E-state index contributed by atoms with van der Waals surface area (Å²) in [6.07, 6.45) is 14.0. The summed E-state index contributed by atoms with van der Waals surface area (Å²) in [6, 6.07) is 20.3. The van der Waals surface area contributed by atoms with E-state index in [1.165, 1.54) is 104 Å². The molecule has 0 saturated carbocycles. The molecule has 0 heterocycles. The molecular formula is C40H50. The van der Waals surface area contributed by atoms with Crippen LogP contribution >= 0.6 is 0 Å².